The number of aromatic carboxylic acids is 1. The smallest absolute Gasteiger partial charge is 0.545 e. The number of thiophene rings is 1. The first kappa shape index (κ1) is 26.4. The number of benzene rings is 1. The Hall–Kier alpha value is -1.70. The van der Waals surface area contributed by atoms with Crippen LogP contribution < -0.4 is 39.4 Å². The number of carbonyl (C=O) groups is 1. The number of rotatable bonds is 3. The molecule has 0 amide bonds. The van der Waals surface area contributed by atoms with Gasteiger partial charge >= 0.3 is 29.6 Å². The Bertz CT molecular complexity index is 1270. The summed E-state index contributed by atoms with van der Waals surface area (Å²) in [7, 11) is 1.53. The number of allylic oxidation sites excluding steroid dienone is 1. The summed E-state index contributed by atoms with van der Waals surface area (Å²) in [5.74, 6) is -0.726. The quantitative estimate of drug-likeness (QED) is 0.518. The van der Waals surface area contributed by atoms with Crippen molar-refractivity contribution in [3.8, 4) is 16.3 Å². The van der Waals surface area contributed by atoms with E-state index in [1.165, 1.54) is 55.2 Å². The molecule has 2 bridgehead atoms. The normalized spacial score (nSPS) is 20.0. The van der Waals surface area contributed by atoms with Gasteiger partial charge in [-0.3, -0.25) is 0 Å². The van der Waals surface area contributed by atoms with Gasteiger partial charge in [-0.1, -0.05) is 12.1 Å². The van der Waals surface area contributed by atoms with Gasteiger partial charge in [-0.2, -0.15) is 0 Å². The van der Waals surface area contributed by atoms with E-state index in [1.54, 1.807) is 23.5 Å². The predicted octanol–water partition coefficient (Wildman–Crippen LogP) is 2.63. The van der Waals surface area contributed by atoms with Gasteiger partial charge in [0.15, 0.2) is 0 Å². The molecule has 2 aromatic heterocycles. The number of hydrogen-bond acceptors (Lipinski definition) is 6. The molecule has 4 heterocycles. The fourth-order valence-corrected chi connectivity index (χ4v) is 6.59. The van der Waals surface area contributed by atoms with Crippen molar-refractivity contribution in [2.45, 2.75) is 71.0 Å². The molecule has 2 saturated heterocycles. The number of fused-ring (bicyclic) bond motifs is 4. The molecule has 0 radical (unpaired) electrons. The fraction of sp³-hybridized carbons (Fsp3) is 0.429. The van der Waals surface area contributed by atoms with Gasteiger partial charge in [0.2, 0.25) is 0 Å². The van der Waals surface area contributed by atoms with Gasteiger partial charge in [0.05, 0.1) is 46.8 Å². The van der Waals surface area contributed by atoms with Gasteiger partial charge in [-0.15, -0.1) is 11.3 Å². The van der Waals surface area contributed by atoms with Crippen LogP contribution in [0.5, 0.6) is 5.75 Å². The molecule has 3 aliphatic rings. The second-order valence-electron chi connectivity index (χ2n) is 9.38. The molecule has 2 fully saturated rings. The van der Waals surface area contributed by atoms with E-state index in [2.05, 4.69) is 19.1 Å². The molecule has 2 unspecified atom stereocenters. The number of nitrogens with zero attached hydrogens (tertiary/aromatic N) is 1. The van der Waals surface area contributed by atoms with Crippen molar-refractivity contribution < 1.29 is 48.9 Å². The van der Waals surface area contributed by atoms with Gasteiger partial charge in [-0.05, 0) is 93.7 Å². The van der Waals surface area contributed by atoms with E-state index in [9.17, 15) is 9.90 Å². The number of ether oxygens (including phenoxy) is 2. The summed E-state index contributed by atoms with van der Waals surface area (Å²) in [6, 6.07) is 5.28. The Morgan fingerprint density at radius 2 is 1.91 bits per heavy atom. The van der Waals surface area contributed by atoms with Crippen molar-refractivity contribution in [3.05, 3.63) is 51.4 Å². The number of aryl methyl sites for hydroxylation is 1. The average molecular weight is 500 g/mol. The largest absolute Gasteiger partial charge is 1.00 e. The predicted molar refractivity (Wildman–Crippen MR) is 135 cm³/mol. The first-order chi connectivity index (χ1) is 16.5. The molecule has 1 aliphatic carbocycles. The zero-order chi connectivity index (χ0) is 23.8. The van der Waals surface area contributed by atoms with E-state index in [0.29, 0.717) is 34.6 Å². The van der Waals surface area contributed by atoms with Gasteiger partial charge in [0.25, 0.3) is 0 Å². The molecule has 5 nitrogen and oxygen atoms in total. The third-order valence-electron chi connectivity index (χ3n) is 7.18. The minimum Gasteiger partial charge on any atom is -0.545 e. The number of pyridine rings is 1. The summed E-state index contributed by atoms with van der Waals surface area (Å²) in [5, 5.41) is 12.4. The van der Waals surface area contributed by atoms with Crippen LogP contribution in [0.1, 0.15) is 70.5 Å². The second-order valence-corrected chi connectivity index (χ2v) is 10.4. The van der Waals surface area contributed by atoms with E-state index in [1.807, 2.05) is 13.0 Å². The molecule has 0 spiro atoms. The molecule has 0 saturated carbocycles. The number of aromatic nitrogens is 1. The SMILES string of the molecule is C1CC2CCC(C1)O2.COc1ccc(C)c2nc(-c3sc4c(c3C)CCC=C4)cc(C(=O)[O-])c12.[Na+]. The maximum atomic E-state index is 11.9. The summed E-state index contributed by atoms with van der Waals surface area (Å²) >= 11 is 1.67. The van der Waals surface area contributed by atoms with Crippen molar-refractivity contribution in [3.63, 3.8) is 0 Å². The fourth-order valence-electron chi connectivity index (χ4n) is 5.35. The standard InChI is InChI=1S/C21H19NO3S.C7H12O.Na/c1-11-8-9-16(25-3)18-14(21(23)24)10-15(22-19(11)18)20-12(2)13-6-4-5-7-17(13)26-20;1-2-6-4-5-7(3-1)8-6;/h5,7-10H,4,6H2,1-3H3,(H,23,24);6-7H,1-5H2;/q;;+1/p-1. The van der Waals surface area contributed by atoms with E-state index in [-0.39, 0.29) is 35.1 Å². The first-order valence-corrected chi connectivity index (χ1v) is 12.9. The molecule has 0 N–H and O–H groups in total. The topological polar surface area (TPSA) is 71.5 Å². The maximum Gasteiger partial charge on any atom is 1.00 e. The Labute approximate surface area is 232 Å². The Kier molecular flexibility index (Phi) is 8.39. The van der Waals surface area contributed by atoms with Crippen LogP contribution >= 0.6 is 11.3 Å². The van der Waals surface area contributed by atoms with Gasteiger partial charge in [0, 0.05) is 10.4 Å². The van der Waals surface area contributed by atoms with Crippen LogP contribution in [0.3, 0.4) is 0 Å². The number of carboxylic acid groups (broad SMARTS) is 1. The summed E-state index contributed by atoms with van der Waals surface area (Å²) in [6.07, 6.45) is 14.4. The number of methoxy groups -OCH3 is 1. The minimum atomic E-state index is -1.22. The van der Waals surface area contributed by atoms with Gasteiger partial charge in [0.1, 0.15) is 5.75 Å². The van der Waals surface area contributed by atoms with E-state index in [0.717, 1.165) is 23.3 Å². The van der Waals surface area contributed by atoms with Crippen LogP contribution in [0.15, 0.2) is 24.3 Å². The number of carbonyl (C=O) groups excluding carboxylic acids is 1. The average Bonchev–Trinajstić information content (AvgIpc) is 3.37. The first-order valence-electron chi connectivity index (χ1n) is 12.1. The summed E-state index contributed by atoms with van der Waals surface area (Å²) in [6.45, 7) is 4.01. The molecule has 2 aliphatic heterocycles. The summed E-state index contributed by atoms with van der Waals surface area (Å²) < 4.78 is 11.0. The zero-order valence-electron chi connectivity index (χ0n) is 21.0. The van der Waals surface area contributed by atoms with Crippen molar-refractivity contribution in [2.24, 2.45) is 0 Å². The van der Waals surface area contributed by atoms with E-state index < -0.39 is 5.97 Å². The Morgan fingerprint density at radius 3 is 2.54 bits per heavy atom. The van der Waals surface area contributed by atoms with Crippen LogP contribution in [0.2, 0.25) is 0 Å². The molecule has 1 aromatic carbocycles. The molecule has 3 aromatic rings. The third kappa shape index (κ3) is 5.23. The van der Waals surface area contributed by atoms with Crippen LogP contribution in [0.4, 0.5) is 0 Å². The van der Waals surface area contributed by atoms with Gasteiger partial charge < -0.3 is 19.4 Å². The van der Waals surface area contributed by atoms with Crippen molar-refractivity contribution in [2.75, 3.05) is 7.11 Å². The molecule has 35 heavy (non-hydrogen) atoms. The van der Waals surface area contributed by atoms with E-state index >= 15 is 0 Å². The van der Waals surface area contributed by atoms with Crippen molar-refractivity contribution in [1.82, 2.24) is 4.98 Å². The van der Waals surface area contributed by atoms with Gasteiger partial charge in [-0.25, -0.2) is 4.98 Å². The minimum absolute atomic E-state index is 0. The molecule has 7 heteroatoms. The number of hydrogen-bond donors (Lipinski definition) is 0. The molecule has 178 valence electrons. The van der Waals surface area contributed by atoms with Crippen molar-refractivity contribution >= 4 is 34.3 Å². The zero-order valence-corrected chi connectivity index (χ0v) is 23.8. The van der Waals surface area contributed by atoms with E-state index in [4.69, 9.17) is 14.5 Å². The van der Waals surface area contributed by atoms with Crippen LogP contribution in [0.25, 0.3) is 27.6 Å². The van der Waals surface area contributed by atoms with Crippen molar-refractivity contribution in [1.29, 1.82) is 0 Å². The molecule has 6 rings (SSSR count). The summed E-state index contributed by atoms with van der Waals surface area (Å²) in [4.78, 5) is 18.9. The van der Waals surface area contributed by atoms with Crippen LogP contribution in [0, 0.1) is 13.8 Å². The molecular weight excluding hydrogens is 469 g/mol. The molecule has 2 atom stereocenters. The van der Waals surface area contributed by atoms with Crippen LogP contribution in [-0.2, 0) is 11.2 Å². The third-order valence-corrected chi connectivity index (χ3v) is 8.50. The maximum absolute atomic E-state index is 11.9. The monoisotopic (exact) mass is 499 g/mol. The van der Waals surface area contributed by atoms with Crippen LogP contribution in [-0.4, -0.2) is 30.3 Å². The Morgan fingerprint density at radius 1 is 1.17 bits per heavy atom. The second kappa shape index (κ2) is 11.1. The Balaban J connectivity index is 0.000000270. The number of carboxylic acids is 1. The molecular formula is C28H30NNaO4S. The summed E-state index contributed by atoms with van der Waals surface area (Å²) in [5.41, 5.74) is 4.87.